The summed E-state index contributed by atoms with van der Waals surface area (Å²) in [5, 5.41) is 0. The Morgan fingerprint density at radius 1 is 1.24 bits per heavy atom. The summed E-state index contributed by atoms with van der Waals surface area (Å²) >= 11 is 1.43. The number of primary amides is 2. The SMILES string of the molecule is NC(=O)c1cccc(C2=NSCC2)c1C(N)=O. The van der Waals surface area contributed by atoms with Crippen LogP contribution in [0.3, 0.4) is 0 Å². The lowest BCUT2D eigenvalue weighted by Gasteiger charge is -2.09. The number of carbonyl (C=O) groups excluding carboxylic acids is 2. The minimum Gasteiger partial charge on any atom is -0.366 e. The molecule has 1 aliphatic heterocycles. The fourth-order valence-electron chi connectivity index (χ4n) is 1.76. The minimum absolute atomic E-state index is 0.148. The van der Waals surface area contributed by atoms with Crippen LogP contribution < -0.4 is 11.5 Å². The topological polar surface area (TPSA) is 98.5 Å². The van der Waals surface area contributed by atoms with Crippen molar-refractivity contribution >= 4 is 29.5 Å². The first-order valence-corrected chi connectivity index (χ1v) is 5.97. The lowest BCUT2D eigenvalue weighted by atomic mass is 9.95. The normalized spacial score (nSPS) is 14.5. The molecule has 17 heavy (non-hydrogen) atoms. The second kappa shape index (κ2) is 4.58. The van der Waals surface area contributed by atoms with Crippen LogP contribution in [-0.4, -0.2) is 23.3 Å². The second-order valence-electron chi connectivity index (χ2n) is 3.58. The highest BCUT2D eigenvalue weighted by Crippen LogP contribution is 2.24. The van der Waals surface area contributed by atoms with Crippen molar-refractivity contribution in [1.82, 2.24) is 0 Å². The van der Waals surface area contributed by atoms with Crippen LogP contribution in [0, 0.1) is 0 Å². The van der Waals surface area contributed by atoms with Gasteiger partial charge in [-0.2, -0.15) is 0 Å². The largest absolute Gasteiger partial charge is 0.366 e. The number of nitrogens with two attached hydrogens (primary N) is 2. The van der Waals surface area contributed by atoms with E-state index in [9.17, 15) is 9.59 Å². The highest BCUT2D eigenvalue weighted by molar-refractivity contribution is 7.98. The third-order valence-corrected chi connectivity index (χ3v) is 3.23. The van der Waals surface area contributed by atoms with E-state index < -0.39 is 11.8 Å². The number of rotatable bonds is 3. The van der Waals surface area contributed by atoms with Crippen LogP contribution in [0.25, 0.3) is 0 Å². The third-order valence-electron chi connectivity index (χ3n) is 2.49. The van der Waals surface area contributed by atoms with E-state index in [1.54, 1.807) is 12.1 Å². The molecule has 2 rings (SSSR count). The first-order valence-electron chi connectivity index (χ1n) is 5.03. The molecule has 0 aromatic heterocycles. The van der Waals surface area contributed by atoms with E-state index >= 15 is 0 Å². The summed E-state index contributed by atoms with van der Waals surface area (Å²) in [5.74, 6) is -0.449. The molecule has 88 valence electrons. The molecule has 0 saturated carbocycles. The smallest absolute Gasteiger partial charge is 0.250 e. The maximum Gasteiger partial charge on any atom is 0.250 e. The van der Waals surface area contributed by atoms with Gasteiger partial charge in [0.25, 0.3) is 0 Å². The predicted molar refractivity (Wildman–Crippen MR) is 67.1 cm³/mol. The van der Waals surface area contributed by atoms with E-state index in [-0.39, 0.29) is 11.1 Å². The van der Waals surface area contributed by atoms with Crippen molar-refractivity contribution < 1.29 is 9.59 Å². The zero-order valence-electron chi connectivity index (χ0n) is 8.97. The standard InChI is InChI=1S/C11H11N3O2S/c12-10(15)7-3-1-2-6(9(7)11(13)16)8-4-5-17-14-8/h1-3H,4-5H2,(H2,12,15)(H2,13,16). The van der Waals surface area contributed by atoms with Gasteiger partial charge in [0.1, 0.15) is 0 Å². The van der Waals surface area contributed by atoms with Crippen molar-refractivity contribution in [2.45, 2.75) is 6.42 Å². The molecular weight excluding hydrogens is 238 g/mol. The highest BCUT2D eigenvalue weighted by Gasteiger charge is 2.21. The fraction of sp³-hybridized carbons (Fsp3) is 0.182. The number of benzene rings is 1. The zero-order chi connectivity index (χ0) is 12.4. The molecule has 1 heterocycles. The molecule has 5 nitrogen and oxygen atoms in total. The number of hydrogen-bond donors (Lipinski definition) is 2. The predicted octanol–water partition coefficient (Wildman–Crippen LogP) is 0.725. The Hall–Kier alpha value is -1.82. The molecular formula is C11H11N3O2S. The van der Waals surface area contributed by atoms with Gasteiger partial charge in [0.15, 0.2) is 0 Å². The molecule has 1 aromatic carbocycles. The molecule has 0 spiro atoms. The van der Waals surface area contributed by atoms with Crippen LogP contribution in [0.5, 0.6) is 0 Å². The summed E-state index contributed by atoms with van der Waals surface area (Å²) in [5.41, 5.74) is 12.3. The molecule has 0 saturated heterocycles. The van der Waals surface area contributed by atoms with Crippen LogP contribution >= 0.6 is 11.9 Å². The number of nitrogens with zero attached hydrogens (tertiary/aromatic N) is 1. The maximum atomic E-state index is 11.5. The van der Waals surface area contributed by atoms with E-state index in [0.717, 1.165) is 17.9 Å². The van der Waals surface area contributed by atoms with E-state index in [1.807, 2.05) is 0 Å². The number of hydrogen-bond acceptors (Lipinski definition) is 4. The molecule has 6 heteroatoms. The summed E-state index contributed by atoms with van der Waals surface area (Å²) in [6.07, 6.45) is 0.757. The molecule has 1 aliphatic rings. The lowest BCUT2D eigenvalue weighted by molar-refractivity contribution is 0.0967. The number of amides is 2. The van der Waals surface area contributed by atoms with E-state index in [0.29, 0.717) is 5.56 Å². The zero-order valence-corrected chi connectivity index (χ0v) is 9.79. The Balaban J connectivity index is 2.62. The van der Waals surface area contributed by atoms with Gasteiger partial charge in [0.05, 0.1) is 16.8 Å². The van der Waals surface area contributed by atoms with Gasteiger partial charge >= 0.3 is 0 Å². The minimum atomic E-state index is -0.660. The van der Waals surface area contributed by atoms with Gasteiger partial charge in [-0.1, -0.05) is 12.1 Å². The average Bonchev–Trinajstić information content (AvgIpc) is 2.81. The van der Waals surface area contributed by atoms with Gasteiger partial charge in [-0.25, -0.2) is 4.40 Å². The molecule has 0 fully saturated rings. The molecule has 1 aromatic rings. The Bertz CT molecular complexity index is 525. The van der Waals surface area contributed by atoms with Gasteiger partial charge in [-0.05, 0) is 18.0 Å². The molecule has 0 radical (unpaired) electrons. The quantitative estimate of drug-likeness (QED) is 0.772. The van der Waals surface area contributed by atoms with Crippen molar-refractivity contribution in [2.24, 2.45) is 15.9 Å². The molecule has 2 amide bonds. The Morgan fingerprint density at radius 3 is 2.53 bits per heavy atom. The van der Waals surface area contributed by atoms with Crippen LogP contribution in [0.15, 0.2) is 22.6 Å². The van der Waals surface area contributed by atoms with E-state index in [1.165, 1.54) is 18.0 Å². The van der Waals surface area contributed by atoms with Crippen molar-refractivity contribution in [3.05, 3.63) is 34.9 Å². The first kappa shape index (κ1) is 11.7. The van der Waals surface area contributed by atoms with Crippen molar-refractivity contribution in [3.63, 3.8) is 0 Å². The van der Waals surface area contributed by atoms with Crippen LogP contribution in [-0.2, 0) is 0 Å². The summed E-state index contributed by atoms with van der Waals surface area (Å²) in [4.78, 5) is 22.7. The average molecular weight is 249 g/mol. The first-order chi connectivity index (χ1) is 8.11. The van der Waals surface area contributed by atoms with Gasteiger partial charge in [0.2, 0.25) is 11.8 Å². The van der Waals surface area contributed by atoms with Gasteiger partial charge in [-0.3, -0.25) is 9.59 Å². The Morgan fingerprint density at radius 2 is 2.00 bits per heavy atom. The van der Waals surface area contributed by atoms with Crippen molar-refractivity contribution in [2.75, 3.05) is 5.75 Å². The molecule has 0 unspecified atom stereocenters. The lowest BCUT2D eigenvalue weighted by Crippen LogP contribution is -2.23. The van der Waals surface area contributed by atoms with E-state index in [2.05, 4.69) is 4.40 Å². The van der Waals surface area contributed by atoms with Crippen molar-refractivity contribution in [1.29, 1.82) is 0 Å². The Kier molecular flexibility index (Phi) is 3.14. The van der Waals surface area contributed by atoms with E-state index in [4.69, 9.17) is 11.5 Å². The fourth-order valence-corrected chi connectivity index (χ4v) is 2.48. The highest BCUT2D eigenvalue weighted by atomic mass is 32.2. The van der Waals surface area contributed by atoms with Gasteiger partial charge < -0.3 is 11.5 Å². The van der Waals surface area contributed by atoms with Gasteiger partial charge in [0, 0.05) is 17.7 Å². The summed E-state index contributed by atoms with van der Waals surface area (Å²) < 4.78 is 4.22. The second-order valence-corrected chi connectivity index (χ2v) is 4.43. The summed E-state index contributed by atoms with van der Waals surface area (Å²) in [6.45, 7) is 0. The summed E-state index contributed by atoms with van der Waals surface area (Å²) in [7, 11) is 0. The Labute approximate surface area is 102 Å². The number of carbonyl (C=O) groups is 2. The monoisotopic (exact) mass is 249 g/mol. The van der Waals surface area contributed by atoms with Crippen LogP contribution in [0.4, 0.5) is 0 Å². The molecule has 4 N–H and O–H groups in total. The van der Waals surface area contributed by atoms with Crippen molar-refractivity contribution in [3.8, 4) is 0 Å². The van der Waals surface area contributed by atoms with Gasteiger partial charge in [-0.15, -0.1) is 0 Å². The third kappa shape index (κ3) is 2.16. The van der Waals surface area contributed by atoms with Crippen LogP contribution in [0.1, 0.15) is 32.7 Å². The maximum absolute atomic E-state index is 11.5. The van der Waals surface area contributed by atoms with Crippen LogP contribution in [0.2, 0.25) is 0 Å². The molecule has 0 aliphatic carbocycles. The molecule has 0 bridgehead atoms. The molecule has 0 atom stereocenters. The summed E-state index contributed by atoms with van der Waals surface area (Å²) in [6, 6.07) is 4.90.